The normalized spacial score (nSPS) is 20.5. The van der Waals surface area contributed by atoms with Crippen molar-refractivity contribution < 1.29 is 115 Å². The Morgan fingerprint density at radius 3 is 1.04 bits per heavy atom. The monoisotopic (exact) mass is 1860 g/mol. The number of Topliss-reactive ketones (excluding diaryl/α,β-unsaturated/α-hetero) is 4. The number of piperidine rings is 4. The highest BCUT2D eigenvalue weighted by atomic mass is 79.9. The van der Waals surface area contributed by atoms with Crippen molar-refractivity contribution in [2.75, 3.05) is 116 Å². The van der Waals surface area contributed by atoms with E-state index in [0.29, 0.717) is 178 Å². The van der Waals surface area contributed by atoms with E-state index in [1.165, 1.54) is 71.9 Å². The van der Waals surface area contributed by atoms with Crippen LogP contribution < -0.4 is 47.4 Å². The molecule has 0 bridgehead atoms. The zero-order valence-corrected chi connectivity index (χ0v) is 74.7. The van der Waals surface area contributed by atoms with Gasteiger partial charge in [0.1, 0.15) is 40.1 Å². The average Bonchev–Trinajstić information content (AvgIpc) is 1.64. The van der Waals surface area contributed by atoms with E-state index in [4.69, 9.17) is 47.4 Å². The minimum absolute atomic E-state index is 0.00898. The van der Waals surface area contributed by atoms with Crippen LogP contribution in [0.25, 0.3) is 0 Å². The van der Waals surface area contributed by atoms with Crippen molar-refractivity contribution in [1.29, 1.82) is 0 Å². The third kappa shape index (κ3) is 21.2. The molecule has 4 fully saturated rings. The summed E-state index contributed by atoms with van der Waals surface area (Å²) in [7, 11) is 12.2. The average molecular weight is 1870 g/mol. The van der Waals surface area contributed by atoms with Gasteiger partial charge in [0.2, 0.25) is 6.79 Å². The predicted octanol–water partition coefficient (Wildman–Crippen LogP) is 19.0. The Hall–Kier alpha value is -10.5. The van der Waals surface area contributed by atoms with Gasteiger partial charge in [-0.05, 0) is 209 Å². The third-order valence-corrected chi connectivity index (χ3v) is 27.6. The standard InChI is InChI=1S/C25H27BrFNO5.C24H25F4NO3.C24H26F3NO3.C24H26F2N2O5/c1-30-20-8-15-7-16(24(29)18(15)10-21(20)31-2)12-25(27)3-5-28(6-4-25)13-17-9-22-23(11-19(17)26)33-14-32-22;1-31-19-10-15-9-16(23(30)17(15)11-20(19)32-2)12-24(28)5-7-29(8-6-24)13-14-3-4-18(25)22(27)21(14)26;1-30-21-10-16-9-17(23(29)19(16)12-22(21)31-2)13-24(27)5-7-28(8-6-24)14-15-3-4-18(25)11-20(15)26;1-32-21-11-15-10-16(23(29)17(15)12-22(21)33-2)13-24(26)6-8-27(9-7-24)14-18-19(25)4-3-5-20(18)28(30)31/h8-11,16H,3-7,12-14H2,1-2H3;3-4,10-11,16H,5-9,12-13H2,1-2H3;3-4,10-12,17H,5-9,13-14H2,1-2H3;3-5,11-12,16H,6-10,13-14H2,1-2H3. The smallest absolute Gasteiger partial charge is 0.276 e. The molecule has 0 saturated carbocycles. The molecular weight excluding hydrogens is 1760 g/mol. The lowest BCUT2D eigenvalue weighted by molar-refractivity contribution is -0.386. The van der Waals surface area contributed by atoms with E-state index in [0.717, 1.165) is 55.9 Å². The lowest BCUT2D eigenvalue weighted by Gasteiger charge is -2.37. The summed E-state index contributed by atoms with van der Waals surface area (Å²) in [6.45, 7) is 4.94. The van der Waals surface area contributed by atoms with Crippen LogP contribution in [-0.2, 0) is 51.9 Å². The number of ketones is 4. The molecule has 8 aromatic carbocycles. The molecule has 4 saturated heterocycles. The summed E-state index contributed by atoms with van der Waals surface area (Å²) in [5.74, 6) is -1.97. The first-order valence-corrected chi connectivity index (χ1v) is 43.9. The van der Waals surface area contributed by atoms with Gasteiger partial charge < -0.3 is 47.4 Å². The van der Waals surface area contributed by atoms with Crippen molar-refractivity contribution in [2.45, 2.75) is 152 Å². The molecule has 0 amide bonds. The number of alkyl halides is 4. The Kier molecular flexibility index (Phi) is 29.4. The fourth-order valence-corrected chi connectivity index (χ4v) is 20.0. The quantitative estimate of drug-likeness (QED) is 0.0225. The third-order valence-electron chi connectivity index (χ3n) is 26.8. The summed E-state index contributed by atoms with van der Waals surface area (Å²) in [6, 6.07) is 27.2. The van der Waals surface area contributed by atoms with Crippen LogP contribution in [0.2, 0.25) is 0 Å². The molecule has 32 heteroatoms. The number of rotatable bonds is 25. The molecule has 690 valence electrons. The molecule has 9 aliphatic rings. The summed E-state index contributed by atoms with van der Waals surface area (Å²) in [5, 5.41) is 11.2. The lowest BCUT2D eigenvalue weighted by Crippen LogP contribution is -2.43. The van der Waals surface area contributed by atoms with Crippen LogP contribution >= 0.6 is 15.9 Å². The van der Waals surface area contributed by atoms with Crippen LogP contribution in [0.15, 0.2) is 114 Å². The molecule has 0 N–H and O–H groups in total. The van der Waals surface area contributed by atoms with Crippen molar-refractivity contribution in [3.63, 3.8) is 0 Å². The Labute approximate surface area is 750 Å². The highest BCUT2D eigenvalue weighted by Crippen LogP contribution is 2.49. The number of carbonyl (C=O) groups excluding carboxylic acids is 4. The zero-order valence-electron chi connectivity index (χ0n) is 73.1. The number of hydrogen-bond acceptors (Lipinski definition) is 20. The van der Waals surface area contributed by atoms with Gasteiger partial charge in [-0.1, -0.05) is 34.1 Å². The van der Waals surface area contributed by atoms with Crippen LogP contribution in [0.3, 0.4) is 0 Å². The number of halogens is 11. The topological polar surface area (TPSA) is 217 Å². The van der Waals surface area contributed by atoms with Gasteiger partial charge in [-0.15, -0.1) is 0 Å². The van der Waals surface area contributed by atoms with Crippen LogP contribution in [0, 0.1) is 68.7 Å². The maximum atomic E-state index is 15.8. The first kappa shape index (κ1) is 94.6. The Bertz CT molecular complexity index is 5520. The minimum Gasteiger partial charge on any atom is -0.493 e. The summed E-state index contributed by atoms with van der Waals surface area (Å²) in [5.41, 5.74) is 1.20. The molecular formula is C97H104BrF10N5O16. The molecule has 4 unspecified atom stereocenters. The molecule has 5 aliphatic heterocycles. The van der Waals surface area contributed by atoms with Crippen molar-refractivity contribution in [1.82, 2.24) is 19.6 Å². The fourth-order valence-electron chi connectivity index (χ4n) is 19.5. The Morgan fingerprint density at radius 2 is 0.698 bits per heavy atom. The summed E-state index contributed by atoms with van der Waals surface area (Å²) < 4.78 is 199. The largest absolute Gasteiger partial charge is 0.493 e. The van der Waals surface area contributed by atoms with Crippen LogP contribution in [0.1, 0.15) is 163 Å². The minimum atomic E-state index is -1.52. The second-order valence-electron chi connectivity index (χ2n) is 34.9. The zero-order chi connectivity index (χ0) is 92.1. The van der Waals surface area contributed by atoms with E-state index in [9.17, 15) is 55.6 Å². The molecule has 129 heavy (non-hydrogen) atoms. The van der Waals surface area contributed by atoms with Gasteiger partial charge in [-0.2, -0.15) is 0 Å². The lowest BCUT2D eigenvalue weighted by atomic mass is 9.82. The van der Waals surface area contributed by atoms with E-state index in [1.54, 1.807) is 63.8 Å². The van der Waals surface area contributed by atoms with Crippen LogP contribution in [0.5, 0.6) is 57.5 Å². The van der Waals surface area contributed by atoms with Crippen molar-refractivity contribution in [3.05, 3.63) is 225 Å². The number of methoxy groups -OCH3 is 8. The SMILES string of the molecule is COc1cc2c(cc1OC)C(=O)C(CC1(F)CCN(Cc3c(F)cccc3[N+](=O)[O-])CC1)C2.COc1cc2c(cc1OC)C(=O)C(CC1(F)CCN(Cc3cc4c(cc3Br)OCO4)CC1)C2.COc1cc2c(cc1OC)C(=O)C(CC1(F)CCN(Cc3ccc(F)c(F)c3F)CC1)C2.COc1cc2c(cc1OC)C(=O)C(CC1(F)CCN(Cc3ccc(F)cc3F)CC1)C2. The maximum Gasteiger partial charge on any atom is 0.276 e. The fraction of sp³-hybridized carbons (Fsp3) is 0.464. The molecule has 5 heterocycles. The molecule has 0 aromatic heterocycles. The highest BCUT2D eigenvalue weighted by Gasteiger charge is 2.48. The van der Waals surface area contributed by atoms with Gasteiger partial charge >= 0.3 is 0 Å². The van der Waals surface area contributed by atoms with E-state index in [2.05, 4.69) is 20.8 Å². The summed E-state index contributed by atoms with van der Waals surface area (Å²) in [4.78, 5) is 70.3. The van der Waals surface area contributed by atoms with Gasteiger partial charge in [0.05, 0.1) is 67.4 Å². The predicted molar refractivity (Wildman–Crippen MR) is 462 cm³/mol. The van der Waals surface area contributed by atoms with Crippen molar-refractivity contribution in [2.24, 2.45) is 23.7 Å². The van der Waals surface area contributed by atoms with Gasteiger partial charge in [-0.3, -0.25) is 48.9 Å². The number of benzene rings is 8. The molecule has 8 aromatic rings. The molecule has 0 spiro atoms. The second-order valence-corrected chi connectivity index (χ2v) is 35.8. The van der Waals surface area contributed by atoms with E-state index in [1.807, 2.05) is 32.9 Å². The molecule has 17 rings (SSSR count). The first-order valence-electron chi connectivity index (χ1n) is 43.1. The van der Waals surface area contributed by atoms with Gasteiger partial charge in [-0.25, -0.2) is 43.9 Å². The second kappa shape index (κ2) is 40.0. The molecule has 0 radical (unpaired) electrons. The van der Waals surface area contributed by atoms with E-state index >= 15 is 17.6 Å². The number of nitro benzene ring substituents is 1. The molecule has 4 aliphatic carbocycles. The van der Waals surface area contributed by atoms with Crippen LogP contribution in [0.4, 0.5) is 49.6 Å². The Morgan fingerprint density at radius 1 is 0.380 bits per heavy atom. The van der Waals surface area contributed by atoms with E-state index < -0.39 is 80.3 Å². The van der Waals surface area contributed by atoms with Gasteiger partial charge in [0.25, 0.3) is 5.69 Å². The number of carbonyl (C=O) groups is 4. The number of ether oxygens (including phenoxy) is 10. The van der Waals surface area contributed by atoms with Gasteiger partial charge in [0.15, 0.2) is 98.1 Å². The summed E-state index contributed by atoms with van der Waals surface area (Å²) >= 11 is 3.61. The van der Waals surface area contributed by atoms with E-state index in [-0.39, 0.29) is 130 Å². The van der Waals surface area contributed by atoms with Crippen LogP contribution in [-0.4, -0.2) is 186 Å². The first-order chi connectivity index (χ1) is 61.7. The number of nitro groups is 1. The number of hydrogen-bond donors (Lipinski definition) is 0. The molecule has 4 atom stereocenters. The number of fused-ring (bicyclic) bond motifs is 5. The maximum absolute atomic E-state index is 15.8. The number of likely N-dealkylation sites (tertiary alicyclic amines) is 4. The summed E-state index contributed by atoms with van der Waals surface area (Å²) in [6.07, 6.45) is 4.72. The van der Waals surface area contributed by atoms with Crippen molar-refractivity contribution >= 4 is 44.8 Å². The van der Waals surface area contributed by atoms with Crippen molar-refractivity contribution in [3.8, 4) is 57.5 Å². The Balaban J connectivity index is 0.000000139. The number of nitrogens with zero attached hydrogens (tertiary/aromatic N) is 5. The van der Waals surface area contributed by atoms with Gasteiger partial charge in [0, 0.05) is 152 Å². The highest BCUT2D eigenvalue weighted by molar-refractivity contribution is 9.10. The molecule has 21 nitrogen and oxygen atoms in total.